The normalized spacial score (nSPS) is 14.1. The van der Waals surface area contributed by atoms with Crippen molar-refractivity contribution >= 4 is 6.09 Å². The summed E-state index contributed by atoms with van der Waals surface area (Å²) in [7, 11) is 0. The smallest absolute Gasteiger partial charge is 0.408 e. The fourth-order valence-electron chi connectivity index (χ4n) is 1.76. The predicted molar refractivity (Wildman–Crippen MR) is 80.4 cm³/mol. The maximum Gasteiger partial charge on any atom is 0.408 e. The molecule has 1 atom stereocenters. The summed E-state index contributed by atoms with van der Waals surface area (Å²) in [6.07, 6.45) is 2.51. The minimum absolute atomic E-state index is 0.230. The van der Waals surface area contributed by atoms with Gasteiger partial charge in [0, 0.05) is 12.6 Å². The van der Waals surface area contributed by atoms with E-state index in [1.54, 1.807) is 0 Å². The van der Waals surface area contributed by atoms with Gasteiger partial charge in [0.05, 0.1) is 5.54 Å². The van der Waals surface area contributed by atoms with Gasteiger partial charge in [0.1, 0.15) is 5.60 Å². The number of hydrogen-bond acceptors (Lipinski definition) is 3. The van der Waals surface area contributed by atoms with Crippen molar-refractivity contribution in [2.24, 2.45) is 0 Å². The molecule has 0 aliphatic rings. The predicted octanol–water partition coefficient (Wildman–Crippen LogP) is 3.46. The quantitative estimate of drug-likeness (QED) is 0.746. The van der Waals surface area contributed by atoms with Crippen molar-refractivity contribution in [2.45, 2.75) is 84.9 Å². The van der Waals surface area contributed by atoms with Gasteiger partial charge in [-0.2, -0.15) is 0 Å². The van der Waals surface area contributed by atoms with E-state index in [2.05, 4.69) is 38.3 Å². The summed E-state index contributed by atoms with van der Waals surface area (Å²) in [6.45, 7) is 14.9. The Kier molecular flexibility index (Phi) is 7.42. The molecular formula is C15H32N2O2. The van der Waals surface area contributed by atoms with Crippen molar-refractivity contribution in [2.75, 3.05) is 6.54 Å². The second kappa shape index (κ2) is 7.73. The van der Waals surface area contributed by atoms with E-state index in [9.17, 15) is 4.79 Å². The van der Waals surface area contributed by atoms with Gasteiger partial charge >= 0.3 is 6.09 Å². The maximum absolute atomic E-state index is 11.9. The van der Waals surface area contributed by atoms with E-state index >= 15 is 0 Å². The minimum Gasteiger partial charge on any atom is -0.444 e. The van der Waals surface area contributed by atoms with Gasteiger partial charge in [-0.15, -0.1) is 0 Å². The van der Waals surface area contributed by atoms with Crippen LogP contribution in [0, 0.1) is 0 Å². The summed E-state index contributed by atoms with van der Waals surface area (Å²) in [4.78, 5) is 11.9. The molecule has 0 heterocycles. The number of ether oxygens (including phenoxy) is 1. The SMILES string of the molecule is CCC(C)NCC(CC)(CC)NC(=O)OC(C)(C)C. The molecule has 4 heteroatoms. The fraction of sp³-hybridized carbons (Fsp3) is 0.933. The average molecular weight is 272 g/mol. The largest absolute Gasteiger partial charge is 0.444 e. The fourth-order valence-corrected chi connectivity index (χ4v) is 1.76. The molecule has 4 nitrogen and oxygen atoms in total. The zero-order valence-corrected chi connectivity index (χ0v) is 13.7. The lowest BCUT2D eigenvalue weighted by Gasteiger charge is -2.35. The number of alkyl carbamates (subject to hydrolysis) is 1. The number of hydrogen-bond donors (Lipinski definition) is 2. The molecular weight excluding hydrogens is 240 g/mol. The first-order valence-electron chi connectivity index (χ1n) is 7.42. The van der Waals surface area contributed by atoms with Gasteiger partial charge in [-0.3, -0.25) is 0 Å². The standard InChI is InChI=1S/C15H32N2O2/c1-8-12(4)16-11-15(9-2,10-3)17-13(18)19-14(5,6)7/h12,16H,8-11H2,1-7H3,(H,17,18). The lowest BCUT2D eigenvalue weighted by atomic mass is 9.92. The third kappa shape index (κ3) is 7.41. The van der Waals surface area contributed by atoms with Crippen molar-refractivity contribution in [3.63, 3.8) is 0 Å². The van der Waals surface area contributed by atoms with Crippen LogP contribution in [0.25, 0.3) is 0 Å². The number of amides is 1. The average Bonchev–Trinajstić information content (AvgIpc) is 2.31. The second-order valence-corrected chi connectivity index (χ2v) is 6.30. The summed E-state index contributed by atoms with van der Waals surface area (Å²) in [5.41, 5.74) is -0.687. The van der Waals surface area contributed by atoms with Crippen molar-refractivity contribution in [1.29, 1.82) is 0 Å². The lowest BCUT2D eigenvalue weighted by molar-refractivity contribution is 0.0444. The highest BCUT2D eigenvalue weighted by molar-refractivity contribution is 5.68. The van der Waals surface area contributed by atoms with Gasteiger partial charge < -0.3 is 15.4 Å². The summed E-state index contributed by atoms with van der Waals surface area (Å²) in [5, 5.41) is 6.52. The highest BCUT2D eigenvalue weighted by Gasteiger charge is 2.30. The first kappa shape index (κ1) is 18.2. The topological polar surface area (TPSA) is 50.4 Å². The molecule has 0 saturated heterocycles. The Morgan fingerprint density at radius 2 is 1.68 bits per heavy atom. The van der Waals surface area contributed by atoms with Crippen LogP contribution in [-0.4, -0.2) is 29.8 Å². The van der Waals surface area contributed by atoms with Gasteiger partial charge in [-0.05, 0) is 47.0 Å². The number of carbonyl (C=O) groups excluding carboxylic acids is 1. The monoisotopic (exact) mass is 272 g/mol. The van der Waals surface area contributed by atoms with Crippen LogP contribution in [0.5, 0.6) is 0 Å². The van der Waals surface area contributed by atoms with Crippen LogP contribution in [0.15, 0.2) is 0 Å². The molecule has 1 unspecified atom stereocenters. The van der Waals surface area contributed by atoms with Crippen molar-refractivity contribution in [3.05, 3.63) is 0 Å². The highest BCUT2D eigenvalue weighted by Crippen LogP contribution is 2.16. The Hall–Kier alpha value is -0.770. The molecule has 0 saturated carbocycles. The third-order valence-electron chi connectivity index (χ3n) is 3.52. The summed E-state index contributed by atoms with van der Waals surface area (Å²) < 4.78 is 5.35. The lowest BCUT2D eigenvalue weighted by Crippen LogP contribution is -2.56. The van der Waals surface area contributed by atoms with Crippen LogP contribution in [-0.2, 0) is 4.74 Å². The second-order valence-electron chi connectivity index (χ2n) is 6.30. The van der Waals surface area contributed by atoms with Crippen LogP contribution in [0.1, 0.15) is 67.7 Å². The Morgan fingerprint density at radius 1 is 1.16 bits per heavy atom. The minimum atomic E-state index is -0.457. The van der Waals surface area contributed by atoms with Gasteiger partial charge in [-0.1, -0.05) is 20.8 Å². The first-order chi connectivity index (χ1) is 8.68. The molecule has 19 heavy (non-hydrogen) atoms. The molecule has 1 amide bonds. The van der Waals surface area contributed by atoms with Crippen molar-refractivity contribution < 1.29 is 9.53 Å². The molecule has 0 aliphatic carbocycles. The zero-order chi connectivity index (χ0) is 15.1. The number of nitrogens with one attached hydrogen (secondary N) is 2. The Labute approximate surface area is 118 Å². The van der Waals surface area contributed by atoms with E-state index in [1.807, 2.05) is 20.8 Å². The Balaban J connectivity index is 4.57. The molecule has 0 radical (unpaired) electrons. The van der Waals surface area contributed by atoms with E-state index in [0.717, 1.165) is 25.8 Å². The molecule has 0 aliphatic heterocycles. The maximum atomic E-state index is 11.9. The van der Waals surface area contributed by atoms with Crippen LogP contribution in [0.3, 0.4) is 0 Å². The van der Waals surface area contributed by atoms with E-state index < -0.39 is 5.60 Å². The molecule has 0 fully saturated rings. The molecule has 0 aromatic heterocycles. The van der Waals surface area contributed by atoms with Crippen LogP contribution >= 0.6 is 0 Å². The summed E-state index contributed by atoms with van der Waals surface area (Å²) >= 11 is 0. The van der Waals surface area contributed by atoms with Crippen LogP contribution in [0.4, 0.5) is 4.79 Å². The number of carbonyl (C=O) groups is 1. The first-order valence-corrected chi connectivity index (χ1v) is 7.42. The summed E-state index contributed by atoms with van der Waals surface area (Å²) in [6, 6.07) is 0.456. The molecule has 0 bridgehead atoms. The van der Waals surface area contributed by atoms with E-state index in [0.29, 0.717) is 6.04 Å². The molecule has 0 aromatic rings. The zero-order valence-electron chi connectivity index (χ0n) is 13.7. The van der Waals surface area contributed by atoms with Gasteiger partial charge in [0.15, 0.2) is 0 Å². The van der Waals surface area contributed by atoms with Gasteiger partial charge in [0.25, 0.3) is 0 Å². The van der Waals surface area contributed by atoms with E-state index in [4.69, 9.17) is 4.74 Å². The Bertz CT molecular complexity index is 268. The van der Waals surface area contributed by atoms with E-state index in [1.165, 1.54) is 0 Å². The molecule has 114 valence electrons. The molecule has 0 aromatic carbocycles. The molecule has 2 N–H and O–H groups in total. The van der Waals surface area contributed by atoms with Crippen molar-refractivity contribution in [1.82, 2.24) is 10.6 Å². The molecule has 0 rings (SSSR count). The summed E-state index contributed by atoms with van der Waals surface area (Å²) in [5.74, 6) is 0. The van der Waals surface area contributed by atoms with Crippen molar-refractivity contribution in [3.8, 4) is 0 Å². The Morgan fingerprint density at radius 3 is 2.05 bits per heavy atom. The van der Waals surface area contributed by atoms with Gasteiger partial charge in [0.2, 0.25) is 0 Å². The van der Waals surface area contributed by atoms with E-state index in [-0.39, 0.29) is 11.6 Å². The number of rotatable bonds is 7. The van der Waals surface area contributed by atoms with Crippen LogP contribution < -0.4 is 10.6 Å². The third-order valence-corrected chi connectivity index (χ3v) is 3.52. The van der Waals surface area contributed by atoms with Crippen LogP contribution in [0.2, 0.25) is 0 Å². The van der Waals surface area contributed by atoms with Gasteiger partial charge in [-0.25, -0.2) is 4.79 Å². The molecule has 0 spiro atoms. The highest BCUT2D eigenvalue weighted by atomic mass is 16.6.